The zero-order valence-electron chi connectivity index (χ0n) is 8.18. The molecule has 0 saturated heterocycles. The number of nitrogens with zero attached hydrogens (tertiary/aromatic N) is 2. The van der Waals surface area contributed by atoms with Gasteiger partial charge in [0.05, 0.1) is 17.2 Å². The standard InChI is InChI=1S/C11H11N3S/c15-11-13-9-7-12-6-5-10(9)14(11)8-3-1-2-4-8/h1-2,5-8H,3-4H2,(H,13,15). The number of fused-ring (bicyclic) bond motifs is 1. The molecule has 76 valence electrons. The smallest absolute Gasteiger partial charge is 0.178 e. The van der Waals surface area contributed by atoms with E-state index in [2.05, 4.69) is 26.7 Å². The van der Waals surface area contributed by atoms with Crippen molar-refractivity contribution in [3.63, 3.8) is 0 Å². The van der Waals surface area contributed by atoms with E-state index < -0.39 is 0 Å². The molecule has 1 aliphatic carbocycles. The van der Waals surface area contributed by atoms with E-state index in [0.29, 0.717) is 6.04 Å². The number of pyridine rings is 1. The van der Waals surface area contributed by atoms with E-state index in [-0.39, 0.29) is 0 Å². The first kappa shape index (κ1) is 8.85. The zero-order valence-corrected chi connectivity index (χ0v) is 9.00. The molecule has 4 heteroatoms. The number of rotatable bonds is 1. The van der Waals surface area contributed by atoms with Gasteiger partial charge in [0, 0.05) is 12.2 Å². The monoisotopic (exact) mass is 217 g/mol. The maximum Gasteiger partial charge on any atom is 0.178 e. The van der Waals surface area contributed by atoms with Crippen molar-refractivity contribution in [2.24, 2.45) is 0 Å². The molecule has 0 saturated carbocycles. The fourth-order valence-corrected chi connectivity index (χ4v) is 2.51. The number of aromatic amines is 1. The highest BCUT2D eigenvalue weighted by molar-refractivity contribution is 7.71. The molecule has 0 amide bonds. The summed E-state index contributed by atoms with van der Waals surface area (Å²) in [5.41, 5.74) is 2.18. The van der Waals surface area contributed by atoms with E-state index in [4.69, 9.17) is 12.2 Å². The van der Waals surface area contributed by atoms with Gasteiger partial charge >= 0.3 is 0 Å². The molecular weight excluding hydrogens is 206 g/mol. The fraction of sp³-hybridized carbons (Fsp3) is 0.273. The quantitative estimate of drug-likeness (QED) is 0.588. The Hall–Kier alpha value is -1.42. The van der Waals surface area contributed by atoms with Crippen molar-refractivity contribution in [3.05, 3.63) is 35.4 Å². The Labute approximate surface area is 92.5 Å². The van der Waals surface area contributed by atoms with Crippen LogP contribution in [0.1, 0.15) is 18.9 Å². The lowest BCUT2D eigenvalue weighted by Crippen LogP contribution is -2.04. The zero-order chi connectivity index (χ0) is 10.3. The molecule has 0 spiro atoms. The Morgan fingerprint density at radius 2 is 2.20 bits per heavy atom. The third-order valence-electron chi connectivity index (χ3n) is 2.87. The summed E-state index contributed by atoms with van der Waals surface area (Å²) in [6.07, 6.45) is 10.2. The summed E-state index contributed by atoms with van der Waals surface area (Å²) in [6.45, 7) is 0. The van der Waals surface area contributed by atoms with E-state index in [9.17, 15) is 0 Å². The van der Waals surface area contributed by atoms with Crippen molar-refractivity contribution in [2.45, 2.75) is 18.9 Å². The summed E-state index contributed by atoms with van der Waals surface area (Å²) in [5, 5.41) is 0. The average molecular weight is 217 g/mol. The largest absolute Gasteiger partial charge is 0.329 e. The van der Waals surface area contributed by atoms with Gasteiger partial charge in [-0.25, -0.2) is 0 Å². The van der Waals surface area contributed by atoms with E-state index in [1.54, 1.807) is 0 Å². The average Bonchev–Trinajstić information content (AvgIpc) is 2.82. The van der Waals surface area contributed by atoms with Crippen LogP contribution in [-0.4, -0.2) is 14.5 Å². The van der Waals surface area contributed by atoms with Crippen LogP contribution in [0.25, 0.3) is 11.0 Å². The Kier molecular flexibility index (Phi) is 1.95. The molecule has 2 aromatic rings. The molecule has 0 bridgehead atoms. The lowest BCUT2D eigenvalue weighted by atomic mass is 10.2. The van der Waals surface area contributed by atoms with Gasteiger partial charge in [-0.3, -0.25) is 4.98 Å². The minimum atomic E-state index is 0.480. The van der Waals surface area contributed by atoms with Crippen molar-refractivity contribution in [2.75, 3.05) is 0 Å². The summed E-state index contributed by atoms with van der Waals surface area (Å²) in [7, 11) is 0. The van der Waals surface area contributed by atoms with Gasteiger partial charge in [-0.2, -0.15) is 0 Å². The maximum absolute atomic E-state index is 5.34. The minimum Gasteiger partial charge on any atom is -0.329 e. The molecule has 0 aromatic carbocycles. The summed E-state index contributed by atoms with van der Waals surface area (Å²) in [4.78, 5) is 7.28. The molecule has 0 atom stereocenters. The van der Waals surface area contributed by atoms with Crippen LogP contribution >= 0.6 is 12.2 Å². The van der Waals surface area contributed by atoms with Crippen LogP contribution in [0.3, 0.4) is 0 Å². The molecule has 2 heterocycles. The molecule has 0 aliphatic heterocycles. The van der Waals surface area contributed by atoms with E-state index in [0.717, 1.165) is 28.6 Å². The number of nitrogens with one attached hydrogen (secondary N) is 1. The minimum absolute atomic E-state index is 0.480. The fourth-order valence-electron chi connectivity index (χ4n) is 2.15. The van der Waals surface area contributed by atoms with Crippen LogP contribution < -0.4 is 0 Å². The predicted molar refractivity (Wildman–Crippen MR) is 62.3 cm³/mol. The third kappa shape index (κ3) is 1.33. The van der Waals surface area contributed by atoms with Crippen molar-refractivity contribution < 1.29 is 0 Å². The summed E-state index contributed by atoms with van der Waals surface area (Å²) in [6, 6.07) is 2.49. The molecule has 15 heavy (non-hydrogen) atoms. The van der Waals surface area contributed by atoms with Crippen LogP contribution in [0, 0.1) is 4.77 Å². The van der Waals surface area contributed by atoms with E-state index in [1.807, 2.05) is 18.5 Å². The highest BCUT2D eigenvalue weighted by atomic mass is 32.1. The number of imidazole rings is 1. The topological polar surface area (TPSA) is 33.6 Å². The molecule has 0 fully saturated rings. The highest BCUT2D eigenvalue weighted by Gasteiger charge is 2.15. The molecular formula is C11H11N3S. The van der Waals surface area contributed by atoms with E-state index in [1.165, 1.54) is 0 Å². The van der Waals surface area contributed by atoms with Crippen molar-refractivity contribution in [1.29, 1.82) is 0 Å². The van der Waals surface area contributed by atoms with E-state index >= 15 is 0 Å². The van der Waals surface area contributed by atoms with Crippen LogP contribution in [0.15, 0.2) is 30.6 Å². The summed E-state index contributed by atoms with van der Waals surface area (Å²) in [5.74, 6) is 0. The normalized spacial score (nSPS) is 16.5. The highest BCUT2D eigenvalue weighted by Crippen LogP contribution is 2.27. The molecule has 3 nitrogen and oxygen atoms in total. The molecule has 2 aromatic heterocycles. The van der Waals surface area contributed by atoms with Crippen LogP contribution in [0.4, 0.5) is 0 Å². The number of allylic oxidation sites excluding steroid dienone is 2. The number of H-pyrrole nitrogens is 1. The number of hydrogen-bond donors (Lipinski definition) is 1. The first-order valence-electron chi connectivity index (χ1n) is 5.05. The van der Waals surface area contributed by atoms with Gasteiger partial charge < -0.3 is 9.55 Å². The summed E-state index contributed by atoms with van der Waals surface area (Å²) < 4.78 is 3.00. The lowest BCUT2D eigenvalue weighted by Gasteiger charge is -2.12. The Bertz CT molecular complexity index is 571. The van der Waals surface area contributed by atoms with Crippen molar-refractivity contribution in [3.8, 4) is 0 Å². The number of aromatic nitrogens is 3. The molecule has 0 radical (unpaired) electrons. The van der Waals surface area contributed by atoms with Crippen molar-refractivity contribution in [1.82, 2.24) is 14.5 Å². The van der Waals surface area contributed by atoms with Crippen LogP contribution in [0.5, 0.6) is 0 Å². The Balaban J connectivity index is 2.24. The Morgan fingerprint density at radius 1 is 1.40 bits per heavy atom. The molecule has 1 N–H and O–H groups in total. The SMILES string of the molecule is S=c1[nH]c2cnccc2n1C1CC=CC1. The molecule has 0 unspecified atom stereocenters. The number of hydrogen-bond acceptors (Lipinski definition) is 2. The van der Waals surface area contributed by atoms with Crippen LogP contribution in [-0.2, 0) is 0 Å². The van der Waals surface area contributed by atoms with Crippen LogP contribution in [0.2, 0.25) is 0 Å². The predicted octanol–water partition coefficient (Wildman–Crippen LogP) is 2.98. The second-order valence-electron chi connectivity index (χ2n) is 3.79. The first-order chi connectivity index (χ1) is 7.36. The van der Waals surface area contributed by atoms with Gasteiger partial charge in [-0.15, -0.1) is 0 Å². The van der Waals surface area contributed by atoms with Gasteiger partial charge in [-0.1, -0.05) is 12.2 Å². The van der Waals surface area contributed by atoms with Gasteiger partial charge in [0.2, 0.25) is 0 Å². The third-order valence-corrected chi connectivity index (χ3v) is 3.16. The molecule has 1 aliphatic rings. The Morgan fingerprint density at radius 3 is 3.00 bits per heavy atom. The van der Waals surface area contributed by atoms with Gasteiger partial charge in [0.15, 0.2) is 4.77 Å². The first-order valence-corrected chi connectivity index (χ1v) is 5.46. The lowest BCUT2D eigenvalue weighted by molar-refractivity contribution is 0.544. The van der Waals surface area contributed by atoms with Gasteiger partial charge in [0.1, 0.15) is 0 Å². The second kappa shape index (κ2) is 3.31. The molecule has 3 rings (SSSR count). The van der Waals surface area contributed by atoms with Gasteiger partial charge in [0.25, 0.3) is 0 Å². The maximum atomic E-state index is 5.34. The van der Waals surface area contributed by atoms with Crippen molar-refractivity contribution >= 4 is 23.3 Å². The van der Waals surface area contributed by atoms with Gasteiger partial charge in [-0.05, 0) is 31.1 Å². The second-order valence-corrected chi connectivity index (χ2v) is 4.18. The summed E-state index contributed by atoms with van der Waals surface area (Å²) >= 11 is 5.34.